The SMILES string of the molecule is COc1ccc(Cn2ccc3cc(NC4CCCNC4)ccc3c2=O)cc1.Cl. The Morgan fingerprint density at radius 1 is 1.18 bits per heavy atom. The first-order valence-electron chi connectivity index (χ1n) is 9.46. The Morgan fingerprint density at radius 3 is 2.71 bits per heavy atom. The van der Waals surface area contributed by atoms with E-state index in [1.54, 1.807) is 11.7 Å². The summed E-state index contributed by atoms with van der Waals surface area (Å²) in [7, 11) is 1.65. The van der Waals surface area contributed by atoms with Crippen LogP contribution in [0.5, 0.6) is 5.75 Å². The molecule has 1 unspecified atom stereocenters. The monoisotopic (exact) mass is 399 g/mol. The van der Waals surface area contributed by atoms with Crippen LogP contribution >= 0.6 is 12.4 Å². The predicted molar refractivity (Wildman–Crippen MR) is 117 cm³/mol. The lowest BCUT2D eigenvalue weighted by molar-refractivity contribution is 0.414. The number of methoxy groups -OCH3 is 1. The minimum Gasteiger partial charge on any atom is -0.497 e. The fraction of sp³-hybridized carbons (Fsp3) is 0.318. The van der Waals surface area contributed by atoms with Gasteiger partial charge >= 0.3 is 0 Å². The number of aromatic nitrogens is 1. The predicted octanol–water partition coefficient (Wildman–Crippen LogP) is 3.64. The molecule has 4 rings (SSSR count). The number of pyridine rings is 1. The number of fused-ring (bicyclic) bond motifs is 1. The first-order chi connectivity index (χ1) is 13.2. The van der Waals surface area contributed by atoms with Crippen molar-refractivity contribution >= 4 is 28.9 Å². The maximum absolute atomic E-state index is 12.9. The summed E-state index contributed by atoms with van der Waals surface area (Å²) in [4.78, 5) is 12.9. The molecule has 0 aliphatic carbocycles. The van der Waals surface area contributed by atoms with Crippen molar-refractivity contribution in [2.45, 2.75) is 25.4 Å². The zero-order valence-electron chi connectivity index (χ0n) is 16.0. The molecule has 5 nitrogen and oxygen atoms in total. The fourth-order valence-corrected chi connectivity index (χ4v) is 3.64. The van der Waals surface area contributed by atoms with Crippen molar-refractivity contribution in [2.24, 2.45) is 0 Å². The Balaban J connectivity index is 0.00000225. The van der Waals surface area contributed by atoms with Crippen LogP contribution in [0.1, 0.15) is 18.4 Å². The summed E-state index contributed by atoms with van der Waals surface area (Å²) in [5, 5.41) is 8.71. The van der Waals surface area contributed by atoms with Crippen LogP contribution in [-0.4, -0.2) is 30.8 Å². The molecule has 6 heteroatoms. The van der Waals surface area contributed by atoms with E-state index in [9.17, 15) is 4.79 Å². The van der Waals surface area contributed by atoms with Crippen LogP contribution in [0.15, 0.2) is 59.5 Å². The second-order valence-electron chi connectivity index (χ2n) is 7.09. The lowest BCUT2D eigenvalue weighted by Crippen LogP contribution is -2.38. The van der Waals surface area contributed by atoms with Crippen LogP contribution in [0.4, 0.5) is 5.69 Å². The van der Waals surface area contributed by atoms with E-state index in [4.69, 9.17) is 4.74 Å². The largest absolute Gasteiger partial charge is 0.497 e. The standard InChI is InChI=1S/C22H25N3O2.ClH/c1-27-20-7-4-16(5-8-20)15-25-12-10-17-13-18(6-9-21(17)22(25)26)24-19-3-2-11-23-14-19;/h4-10,12-13,19,23-24H,2-3,11,14-15H2,1H3;1H. The third-order valence-electron chi connectivity index (χ3n) is 5.16. The van der Waals surface area contributed by atoms with Crippen LogP contribution in [0.2, 0.25) is 0 Å². The van der Waals surface area contributed by atoms with Crippen molar-refractivity contribution in [3.8, 4) is 5.75 Å². The topological polar surface area (TPSA) is 55.3 Å². The zero-order chi connectivity index (χ0) is 18.6. The molecule has 2 N–H and O–H groups in total. The van der Waals surface area contributed by atoms with E-state index in [0.29, 0.717) is 12.6 Å². The average Bonchev–Trinajstić information content (AvgIpc) is 2.71. The zero-order valence-corrected chi connectivity index (χ0v) is 16.8. The highest BCUT2D eigenvalue weighted by Crippen LogP contribution is 2.19. The van der Waals surface area contributed by atoms with Gasteiger partial charge in [0.1, 0.15) is 5.75 Å². The van der Waals surface area contributed by atoms with Gasteiger partial charge in [-0.05, 0) is 66.7 Å². The molecule has 1 aromatic heterocycles. The lowest BCUT2D eigenvalue weighted by Gasteiger charge is -2.25. The summed E-state index contributed by atoms with van der Waals surface area (Å²) < 4.78 is 6.94. The minimum absolute atomic E-state index is 0. The first-order valence-corrected chi connectivity index (χ1v) is 9.46. The number of halogens is 1. The van der Waals surface area contributed by atoms with Gasteiger partial charge < -0.3 is 19.9 Å². The van der Waals surface area contributed by atoms with Crippen LogP contribution in [-0.2, 0) is 6.54 Å². The molecule has 0 saturated carbocycles. The molecule has 1 atom stereocenters. The number of piperidine rings is 1. The number of anilines is 1. The Morgan fingerprint density at radius 2 is 2.00 bits per heavy atom. The van der Waals surface area contributed by atoms with Crippen LogP contribution in [0.3, 0.4) is 0 Å². The Bertz CT molecular complexity index is 979. The molecule has 0 amide bonds. The van der Waals surface area contributed by atoms with Gasteiger partial charge in [0.05, 0.1) is 13.7 Å². The van der Waals surface area contributed by atoms with Gasteiger partial charge in [-0.15, -0.1) is 12.4 Å². The van der Waals surface area contributed by atoms with E-state index in [1.165, 1.54) is 12.8 Å². The van der Waals surface area contributed by atoms with Crippen molar-refractivity contribution in [1.82, 2.24) is 9.88 Å². The molecular weight excluding hydrogens is 374 g/mol. The van der Waals surface area contributed by atoms with Crippen molar-refractivity contribution in [2.75, 3.05) is 25.5 Å². The molecule has 1 aliphatic heterocycles. The number of hydrogen-bond acceptors (Lipinski definition) is 4. The van der Waals surface area contributed by atoms with Gasteiger partial charge in [0.25, 0.3) is 5.56 Å². The number of hydrogen-bond donors (Lipinski definition) is 2. The fourth-order valence-electron chi connectivity index (χ4n) is 3.64. The molecule has 2 aromatic carbocycles. The highest BCUT2D eigenvalue weighted by atomic mass is 35.5. The van der Waals surface area contributed by atoms with Gasteiger partial charge in [0.15, 0.2) is 0 Å². The summed E-state index contributed by atoms with van der Waals surface area (Å²) in [5.74, 6) is 0.817. The van der Waals surface area contributed by atoms with Gasteiger partial charge in [-0.2, -0.15) is 0 Å². The summed E-state index contributed by atoms with van der Waals surface area (Å²) in [6.07, 6.45) is 4.25. The van der Waals surface area contributed by atoms with E-state index in [1.807, 2.05) is 48.7 Å². The quantitative estimate of drug-likeness (QED) is 0.687. The van der Waals surface area contributed by atoms with Crippen molar-refractivity contribution in [3.63, 3.8) is 0 Å². The lowest BCUT2D eigenvalue weighted by atomic mass is 10.1. The van der Waals surface area contributed by atoms with Gasteiger partial charge in [-0.1, -0.05) is 12.1 Å². The first kappa shape index (κ1) is 20.2. The molecule has 148 valence electrons. The normalized spacial score (nSPS) is 16.4. The molecule has 2 heterocycles. The molecule has 0 bridgehead atoms. The third-order valence-corrected chi connectivity index (χ3v) is 5.16. The van der Waals surface area contributed by atoms with E-state index >= 15 is 0 Å². The molecule has 28 heavy (non-hydrogen) atoms. The van der Waals surface area contributed by atoms with Gasteiger partial charge in [0, 0.05) is 29.9 Å². The summed E-state index contributed by atoms with van der Waals surface area (Å²) >= 11 is 0. The van der Waals surface area contributed by atoms with Gasteiger partial charge in [-0.3, -0.25) is 4.79 Å². The summed E-state index contributed by atoms with van der Waals surface area (Å²) in [6, 6.07) is 16.3. The maximum atomic E-state index is 12.9. The van der Waals surface area contributed by atoms with Gasteiger partial charge in [-0.25, -0.2) is 0 Å². The molecular formula is C22H26ClN3O2. The van der Waals surface area contributed by atoms with Crippen LogP contribution < -0.4 is 20.9 Å². The van der Waals surface area contributed by atoms with Crippen molar-refractivity contribution in [1.29, 1.82) is 0 Å². The smallest absolute Gasteiger partial charge is 0.258 e. The number of rotatable bonds is 5. The van der Waals surface area contributed by atoms with E-state index in [0.717, 1.165) is 40.9 Å². The van der Waals surface area contributed by atoms with Gasteiger partial charge in [0.2, 0.25) is 0 Å². The second kappa shape index (κ2) is 9.13. The molecule has 3 aromatic rings. The minimum atomic E-state index is 0. The summed E-state index contributed by atoms with van der Waals surface area (Å²) in [5.41, 5.74) is 2.18. The summed E-state index contributed by atoms with van der Waals surface area (Å²) in [6.45, 7) is 2.64. The average molecular weight is 400 g/mol. The van der Waals surface area contributed by atoms with Crippen LogP contribution in [0.25, 0.3) is 10.8 Å². The Kier molecular flexibility index (Phi) is 6.60. The Labute approximate surface area is 171 Å². The molecule has 1 aliphatic rings. The molecule has 1 fully saturated rings. The third kappa shape index (κ3) is 4.49. The molecule has 1 saturated heterocycles. The molecule has 0 radical (unpaired) electrons. The molecule has 0 spiro atoms. The van der Waals surface area contributed by atoms with E-state index in [2.05, 4.69) is 16.7 Å². The van der Waals surface area contributed by atoms with Crippen molar-refractivity contribution in [3.05, 3.63) is 70.6 Å². The highest BCUT2D eigenvalue weighted by molar-refractivity contribution is 5.85. The van der Waals surface area contributed by atoms with Crippen LogP contribution in [0, 0.1) is 0 Å². The number of nitrogens with zero attached hydrogens (tertiary/aromatic N) is 1. The second-order valence-corrected chi connectivity index (χ2v) is 7.09. The number of nitrogens with one attached hydrogen (secondary N) is 2. The van der Waals surface area contributed by atoms with Crippen molar-refractivity contribution < 1.29 is 4.74 Å². The Hall–Kier alpha value is -2.50. The number of ether oxygens (including phenoxy) is 1. The highest BCUT2D eigenvalue weighted by Gasteiger charge is 2.13. The maximum Gasteiger partial charge on any atom is 0.258 e. The van der Waals surface area contributed by atoms with E-state index < -0.39 is 0 Å². The van der Waals surface area contributed by atoms with E-state index in [-0.39, 0.29) is 18.0 Å². The number of benzene rings is 2.